The third-order valence-electron chi connectivity index (χ3n) is 0.864. The van der Waals surface area contributed by atoms with Crippen LogP contribution in [0.1, 0.15) is 0 Å². The predicted molar refractivity (Wildman–Crippen MR) is 50.9 cm³/mol. The van der Waals surface area contributed by atoms with Gasteiger partial charge in [0.2, 0.25) is 0 Å². The molecule has 0 atom stereocenters. The number of hydrogen-bond acceptors (Lipinski definition) is 7. The van der Waals surface area contributed by atoms with E-state index in [9.17, 15) is 0 Å². The number of aliphatic hydroxyl groups is 3. The van der Waals surface area contributed by atoms with Crippen LogP contribution in [-0.2, 0) is 14.5 Å². The molecule has 0 amide bonds. The van der Waals surface area contributed by atoms with Crippen molar-refractivity contribution in [1.82, 2.24) is 5.39 Å². The van der Waals surface area contributed by atoms with Crippen LogP contribution in [0.5, 0.6) is 0 Å². The average Bonchev–Trinajstić information content (AvgIpc) is 2.17. The fraction of sp³-hybridized carbons (Fsp3) is 1.00. The lowest BCUT2D eigenvalue weighted by Gasteiger charge is -2.17. The monoisotopic (exact) mass is 227 g/mol. The summed E-state index contributed by atoms with van der Waals surface area (Å²) in [6, 6.07) is 0. The first-order valence-electron chi connectivity index (χ1n) is 3.86. The van der Waals surface area contributed by atoms with Crippen molar-refractivity contribution < 1.29 is 29.8 Å². The second-order valence-corrected chi connectivity index (χ2v) is 1.89. The van der Waals surface area contributed by atoms with E-state index in [1.165, 1.54) is 0 Å². The summed E-state index contributed by atoms with van der Waals surface area (Å²) >= 11 is 0. The van der Waals surface area contributed by atoms with Gasteiger partial charge in [-0.05, 0) is 0 Å². The minimum atomic E-state index is -0.179. The minimum Gasteiger partial charge on any atom is -0.394 e. The second kappa shape index (κ2) is 13.3. The van der Waals surface area contributed by atoms with Crippen molar-refractivity contribution in [3.05, 3.63) is 0 Å². The van der Waals surface area contributed by atoms with Gasteiger partial charge < -0.3 is 15.3 Å². The molecule has 0 aromatic rings. The van der Waals surface area contributed by atoms with Gasteiger partial charge in [0.15, 0.2) is 17.4 Å². The molecule has 0 saturated heterocycles. The van der Waals surface area contributed by atoms with Crippen molar-refractivity contribution in [3.63, 3.8) is 0 Å². The predicted octanol–water partition coefficient (Wildman–Crippen LogP) is -3.12. The Morgan fingerprint density at radius 3 is 1.21 bits per heavy atom. The molecule has 0 spiro atoms. The maximum absolute atomic E-state index is 8.40. The zero-order chi connectivity index (χ0) is 9.94. The number of aliphatic hydroxyl groups excluding tert-OH is 3. The van der Waals surface area contributed by atoms with Crippen LogP contribution < -0.4 is 0 Å². The second-order valence-electron chi connectivity index (χ2n) is 1.89. The Kier molecular flexibility index (Phi) is 15.8. The highest BCUT2D eigenvalue weighted by atomic mass is 27.0. The Labute approximate surface area is 92.8 Å². The lowest BCUT2D eigenvalue weighted by molar-refractivity contribution is -0.527. The molecule has 14 heavy (non-hydrogen) atoms. The lowest BCUT2D eigenvalue weighted by Crippen LogP contribution is -2.28. The van der Waals surface area contributed by atoms with Gasteiger partial charge in [0.25, 0.3) is 0 Å². The fourth-order valence-electron chi connectivity index (χ4n) is 0.458. The van der Waals surface area contributed by atoms with Crippen molar-refractivity contribution in [2.45, 2.75) is 0 Å². The van der Waals surface area contributed by atoms with E-state index in [-0.39, 0.29) is 57.0 Å². The van der Waals surface area contributed by atoms with Crippen LogP contribution in [0, 0.1) is 0 Å². The lowest BCUT2D eigenvalue weighted by atomic mass is 10.8. The van der Waals surface area contributed by atoms with Crippen LogP contribution in [0.15, 0.2) is 0 Å². The summed E-state index contributed by atoms with van der Waals surface area (Å²) in [7, 11) is 0. The Hall–Kier alpha value is 0.252. The molecular formula is C6H18AlNO6. The van der Waals surface area contributed by atoms with Crippen LogP contribution in [0.3, 0.4) is 0 Å². The molecule has 3 N–H and O–H groups in total. The third kappa shape index (κ3) is 10.3. The highest BCUT2D eigenvalue weighted by Crippen LogP contribution is 1.93. The van der Waals surface area contributed by atoms with Crippen molar-refractivity contribution in [2.24, 2.45) is 0 Å². The smallest absolute Gasteiger partial charge is 0.187 e. The molecule has 0 heterocycles. The largest absolute Gasteiger partial charge is 0.394 e. The molecule has 0 saturated carbocycles. The number of nitrogens with zero attached hydrogens (tertiary/aromatic N) is 1. The quantitative estimate of drug-likeness (QED) is 0.283. The van der Waals surface area contributed by atoms with E-state index in [1.807, 2.05) is 0 Å². The fourth-order valence-corrected chi connectivity index (χ4v) is 0.458. The molecule has 7 nitrogen and oxygen atoms in total. The summed E-state index contributed by atoms with van der Waals surface area (Å²) < 4.78 is 0. The summed E-state index contributed by atoms with van der Waals surface area (Å²) in [4.78, 5) is 14.1. The van der Waals surface area contributed by atoms with E-state index in [0.717, 1.165) is 0 Å². The molecule has 0 rings (SSSR count). The van der Waals surface area contributed by atoms with Crippen molar-refractivity contribution in [3.8, 4) is 0 Å². The maximum Gasteiger partial charge on any atom is 0.187 e. The van der Waals surface area contributed by atoms with Crippen molar-refractivity contribution in [1.29, 1.82) is 0 Å². The first kappa shape index (κ1) is 16.7. The number of rotatable bonds is 9. The maximum atomic E-state index is 8.40. The van der Waals surface area contributed by atoms with Crippen LogP contribution in [-0.4, -0.2) is 77.7 Å². The zero-order valence-corrected chi connectivity index (χ0v) is 7.26. The Morgan fingerprint density at radius 1 is 0.714 bits per heavy atom. The van der Waals surface area contributed by atoms with Crippen LogP contribution in [0.4, 0.5) is 0 Å². The van der Waals surface area contributed by atoms with E-state index in [4.69, 9.17) is 29.8 Å². The van der Waals surface area contributed by atoms with Gasteiger partial charge in [-0.3, -0.25) is 0 Å². The zero-order valence-electron chi connectivity index (χ0n) is 7.26. The molecule has 0 fully saturated rings. The molecule has 86 valence electrons. The molecule has 0 unspecified atom stereocenters. The molecule has 0 aliphatic heterocycles. The molecule has 0 bridgehead atoms. The molecule has 0 aromatic heterocycles. The molecular weight excluding hydrogens is 209 g/mol. The summed E-state index contributed by atoms with van der Waals surface area (Å²) in [5.74, 6) is 0. The van der Waals surface area contributed by atoms with Crippen molar-refractivity contribution >= 4 is 17.4 Å². The number of hydrogen-bond donors (Lipinski definition) is 3. The molecule has 0 radical (unpaired) electrons. The minimum absolute atomic E-state index is 0. The summed E-state index contributed by atoms with van der Waals surface area (Å²) in [6.45, 7) is -0.505. The first-order valence-corrected chi connectivity index (χ1v) is 3.86. The topological polar surface area (TPSA) is 91.6 Å². The molecule has 0 aliphatic rings. The molecule has 8 heteroatoms. The van der Waals surface area contributed by atoms with Crippen LogP contribution in [0.25, 0.3) is 0 Å². The SMILES string of the molecule is OCCON(OCCO)OCCO.[AlH3]. The highest BCUT2D eigenvalue weighted by Gasteiger charge is 2.05. The average molecular weight is 227 g/mol. The van der Waals surface area contributed by atoms with Gasteiger partial charge in [0.1, 0.15) is 0 Å². The summed E-state index contributed by atoms with van der Waals surface area (Å²) in [6.07, 6.45) is 0. The van der Waals surface area contributed by atoms with E-state index < -0.39 is 0 Å². The third-order valence-corrected chi connectivity index (χ3v) is 0.864. The van der Waals surface area contributed by atoms with Gasteiger partial charge in [0.05, 0.1) is 45.0 Å². The normalized spacial score (nSPS) is 10.3. The van der Waals surface area contributed by atoms with E-state index in [0.29, 0.717) is 5.39 Å². The van der Waals surface area contributed by atoms with Gasteiger partial charge in [-0.25, -0.2) is 14.5 Å². The standard InChI is InChI=1S/C6H15NO6.Al.3H/c8-1-4-11-7(12-5-2-9)13-6-3-10;;;;/h8-10H,1-6H2;;;;. The van der Waals surface area contributed by atoms with Gasteiger partial charge in [-0.15, -0.1) is 0 Å². The Bertz CT molecular complexity index is 89.3. The van der Waals surface area contributed by atoms with E-state index in [1.54, 1.807) is 0 Å². The van der Waals surface area contributed by atoms with Crippen LogP contribution >= 0.6 is 0 Å². The van der Waals surface area contributed by atoms with Crippen LogP contribution in [0.2, 0.25) is 0 Å². The van der Waals surface area contributed by atoms with Gasteiger partial charge in [0, 0.05) is 0 Å². The summed E-state index contributed by atoms with van der Waals surface area (Å²) in [5, 5.41) is 25.9. The van der Waals surface area contributed by atoms with Gasteiger partial charge >= 0.3 is 0 Å². The molecule has 0 aromatic carbocycles. The van der Waals surface area contributed by atoms with Gasteiger partial charge in [-0.2, -0.15) is 0 Å². The molecule has 0 aliphatic carbocycles. The Morgan fingerprint density at radius 2 is 1.00 bits per heavy atom. The van der Waals surface area contributed by atoms with Crippen molar-refractivity contribution in [2.75, 3.05) is 39.6 Å². The van der Waals surface area contributed by atoms with E-state index in [2.05, 4.69) is 0 Å². The highest BCUT2D eigenvalue weighted by molar-refractivity contribution is 5.75. The summed E-state index contributed by atoms with van der Waals surface area (Å²) in [5.41, 5.74) is 0. The first-order chi connectivity index (χ1) is 6.35. The van der Waals surface area contributed by atoms with E-state index >= 15 is 0 Å². The van der Waals surface area contributed by atoms with Gasteiger partial charge in [-0.1, -0.05) is 0 Å². The Balaban J connectivity index is 0.